The van der Waals surface area contributed by atoms with Crippen molar-refractivity contribution < 1.29 is 9.34 Å². The molecule has 2 aromatic rings. The first-order valence-electron chi connectivity index (χ1n) is 4.30. The van der Waals surface area contributed by atoms with Crippen LogP contribution in [0.15, 0.2) is 21.9 Å². The molecule has 0 fully saturated rings. The number of rotatable bonds is 3. The first-order valence-corrected chi connectivity index (χ1v) is 5.53. The lowest BCUT2D eigenvalue weighted by Crippen LogP contribution is -1.89. The monoisotopic (exact) mass is 240 g/mol. The molecule has 0 N–H and O–H groups in total. The van der Waals surface area contributed by atoms with Crippen molar-refractivity contribution in [2.45, 2.75) is 5.22 Å². The molecule has 0 saturated heterocycles. The van der Waals surface area contributed by atoms with Crippen LogP contribution in [0, 0.1) is 10.1 Å². The molecule has 0 spiro atoms. The third kappa shape index (κ3) is 1.78. The van der Waals surface area contributed by atoms with Crippen molar-refractivity contribution in [3.63, 3.8) is 0 Å². The largest absolute Gasteiger partial charge is 0.410 e. The van der Waals surface area contributed by atoms with Crippen LogP contribution < -0.4 is 0 Å². The summed E-state index contributed by atoms with van der Waals surface area (Å²) in [6, 6.07) is 1.40. The highest BCUT2D eigenvalue weighted by atomic mass is 32.2. The molecule has 2 aromatic heterocycles. The summed E-state index contributed by atoms with van der Waals surface area (Å²) in [5.74, 6) is 0.278. The van der Waals surface area contributed by atoms with Crippen LogP contribution in [0.1, 0.15) is 0 Å². The van der Waals surface area contributed by atoms with Crippen molar-refractivity contribution in [3.05, 3.63) is 22.4 Å². The van der Waals surface area contributed by atoms with Crippen LogP contribution in [0.5, 0.6) is 0 Å². The van der Waals surface area contributed by atoms with Gasteiger partial charge in [0.25, 0.3) is 16.8 Å². The number of aromatic nitrogens is 3. The lowest BCUT2D eigenvalue weighted by atomic mass is 10.4. The van der Waals surface area contributed by atoms with Crippen molar-refractivity contribution in [2.75, 3.05) is 6.26 Å². The van der Waals surface area contributed by atoms with Gasteiger partial charge < -0.3 is 8.98 Å². The maximum absolute atomic E-state index is 10.6. The van der Waals surface area contributed by atoms with Gasteiger partial charge in [0.1, 0.15) is 5.69 Å². The zero-order chi connectivity index (χ0) is 11.7. The third-order valence-electron chi connectivity index (χ3n) is 2.00. The molecule has 16 heavy (non-hydrogen) atoms. The third-order valence-corrected chi connectivity index (χ3v) is 2.52. The van der Waals surface area contributed by atoms with Gasteiger partial charge in [-0.15, -0.1) is 10.2 Å². The van der Waals surface area contributed by atoms with Crippen LogP contribution in [0.4, 0.5) is 5.69 Å². The van der Waals surface area contributed by atoms with Crippen LogP contribution in [-0.2, 0) is 7.05 Å². The summed E-state index contributed by atoms with van der Waals surface area (Å²) in [5.41, 5.74) is 0.529. The van der Waals surface area contributed by atoms with Crippen LogP contribution in [0.25, 0.3) is 11.6 Å². The Morgan fingerprint density at radius 3 is 2.81 bits per heavy atom. The Bertz CT molecular complexity index is 533. The predicted molar refractivity (Wildman–Crippen MR) is 57.1 cm³/mol. The van der Waals surface area contributed by atoms with Gasteiger partial charge in [-0.1, -0.05) is 11.8 Å². The SMILES string of the molecule is CSc1nnc(-c2cc([N+](=O)[O-])cn2C)o1. The van der Waals surface area contributed by atoms with E-state index in [1.807, 2.05) is 6.26 Å². The molecule has 0 bridgehead atoms. The summed E-state index contributed by atoms with van der Waals surface area (Å²) in [5, 5.41) is 18.6. The second kappa shape index (κ2) is 3.97. The van der Waals surface area contributed by atoms with Crippen LogP contribution in [0.2, 0.25) is 0 Å². The smallest absolute Gasteiger partial charge is 0.287 e. The molecule has 0 aliphatic rings. The van der Waals surface area contributed by atoms with Gasteiger partial charge in [0.15, 0.2) is 0 Å². The molecule has 2 rings (SSSR count). The number of nitrogens with zero attached hydrogens (tertiary/aromatic N) is 4. The fourth-order valence-corrected chi connectivity index (χ4v) is 1.54. The quantitative estimate of drug-likeness (QED) is 0.461. The highest BCUT2D eigenvalue weighted by Crippen LogP contribution is 2.26. The summed E-state index contributed by atoms with van der Waals surface area (Å²) < 4.78 is 6.87. The molecule has 0 aliphatic heterocycles. The highest BCUT2D eigenvalue weighted by molar-refractivity contribution is 7.98. The van der Waals surface area contributed by atoms with E-state index >= 15 is 0 Å². The van der Waals surface area contributed by atoms with Crippen molar-refractivity contribution in [1.29, 1.82) is 0 Å². The highest BCUT2D eigenvalue weighted by Gasteiger charge is 2.17. The maximum atomic E-state index is 10.6. The van der Waals surface area contributed by atoms with E-state index < -0.39 is 4.92 Å². The summed E-state index contributed by atoms with van der Waals surface area (Å²) in [7, 11) is 1.69. The molecule has 0 aliphatic carbocycles. The lowest BCUT2D eigenvalue weighted by molar-refractivity contribution is -0.384. The molecular formula is C8H8N4O3S. The minimum Gasteiger partial charge on any atom is -0.410 e. The number of hydrogen-bond acceptors (Lipinski definition) is 6. The number of nitro groups is 1. The van der Waals surface area contributed by atoms with Crippen molar-refractivity contribution >= 4 is 17.4 Å². The van der Waals surface area contributed by atoms with Crippen LogP contribution in [-0.4, -0.2) is 25.9 Å². The van der Waals surface area contributed by atoms with Gasteiger partial charge in [0.05, 0.1) is 11.1 Å². The maximum Gasteiger partial charge on any atom is 0.287 e. The van der Waals surface area contributed by atoms with E-state index in [0.29, 0.717) is 10.9 Å². The first kappa shape index (κ1) is 10.7. The van der Waals surface area contributed by atoms with E-state index in [2.05, 4.69) is 10.2 Å². The molecule has 2 heterocycles. The Labute approximate surface area is 94.6 Å². The minimum atomic E-state index is -0.463. The average Bonchev–Trinajstić information content (AvgIpc) is 2.83. The second-order valence-electron chi connectivity index (χ2n) is 3.03. The standard InChI is InChI=1S/C8H8N4O3S/c1-11-4-5(12(13)14)3-6(11)7-9-10-8(15-7)16-2/h3-4H,1-2H3. The Morgan fingerprint density at radius 2 is 2.31 bits per heavy atom. The van der Waals surface area contributed by atoms with E-state index in [1.54, 1.807) is 11.6 Å². The number of hydrogen-bond donors (Lipinski definition) is 0. The van der Waals surface area contributed by atoms with Crippen LogP contribution >= 0.6 is 11.8 Å². The fourth-order valence-electron chi connectivity index (χ4n) is 1.26. The molecule has 0 atom stereocenters. The molecule has 7 nitrogen and oxygen atoms in total. The average molecular weight is 240 g/mol. The van der Waals surface area contributed by atoms with Gasteiger partial charge in [-0.3, -0.25) is 10.1 Å². The van der Waals surface area contributed by atoms with E-state index in [-0.39, 0.29) is 11.6 Å². The zero-order valence-electron chi connectivity index (χ0n) is 8.58. The number of aryl methyl sites for hydroxylation is 1. The molecule has 0 amide bonds. The van der Waals surface area contributed by atoms with Crippen molar-refractivity contribution in [1.82, 2.24) is 14.8 Å². The Morgan fingerprint density at radius 1 is 1.56 bits per heavy atom. The summed E-state index contributed by atoms with van der Waals surface area (Å²) in [6.07, 6.45) is 3.21. The van der Waals surface area contributed by atoms with E-state index in [1.165, 1.54) is 24.0 Å². The lowest BCUT2D eigenvalue weighted by Gasteiger charge is -1.93. The molecule has 8 heteroatoms. The van der Waals surface area contributed by atoms with Gasteiger partial charge in [-0.05, 0) is 6.26 Å². The summed E-state index contributed by atoms with van der Waals surface area (Å²) in [6.45, 7) is 0. The minimum absolute atomic E-state index is 0.00130. The predicted octanol–water partition coefficient (Wildman–Crippen LogP) is 1.71. The van der Waals surface area contributed by atoms with E-state index in [4.69, 9.17) is 4.42 Å². The van der Waals surface area contributed by atoms with Gasteiger partial charge in [0, 0.05) is 13.1 Å². The van der Waals surface area contributed by atoms with Gasteiger partial charge >= 0.3 is 0 Å². The molecule has 0 unspecified atom stereocenters. The topological polar surface area (TPSA) is 87.0 Å². The summed E-state index contributed by atoms with van der Waals surface area (Å²) in [4.78, 5) is 10.1. The van der Waals surface area contributed by atoms with Crippen molar-refractivity contribution in [2.24, 2.45) is 7.05 Å². The fraction of sp³-hybridized carbons (Fsp3) is 0.250. The molecular weight excluding hydrogens is 232 g/mol. The van der Waals surface area contributed by atoms with E-state index in [0.717, 1.165) is 0 Å². The summed E-state index contributed by atoms with van der Waals surface area (Å²) >= 11 is 1.32. The first-order chi connectivity index (χ1) is 7.61. The Hall–Kier alpha value is -1.83. The molecule has 0 aromatic carbocycles. The zero-order valence-corrected chi connectivity index (χ0v) is 9.39. The van der Waals surface area contributed by atoms with Gasteiger partial charge in [-0.25, -0.2) is 0 Å². The number of thioether (sulfide) groups is 1. The van der Waals surface area contributed by atoms with Crippen molar-refractivity contribution in [3.8, 4) is 11.6 Å². The van der Waals surface area contributed by atoms with Gasteiger partial charge in [0.2, 0.25) is 0 Å². The van der Waals surface area contributed by atoms with E-state index in [9.17, 15) is 10.1 Å². The second-order valence-corrected chi connectivity index (χ2v) is 3.79. The normalized spacial score (nSPS) is 10.6. The molecule has 84 valence electrons. The van der Waals surface area contributed by atoms with Crippen LogP contribution in [0.3, 0.4) is 0 Å². The Kier molecular flexibility index (Phi) is 2.65. The molecule has 0 radical (unpaired) electrons. The Balaban J connectivity index is 2.43. The van der Waals surface area contributed by atoms with Gasteiger partial charge in [-0.2, -0.15) is 0 Å². The molecule has 0 saturated carbocycles.